The van der Waals surface area contributed by atoms with Crippen molar-refractivity contribution in [3.05, 3.63) is 11.1 Å². The maximum Gasteiger partial charge on any atom is 0.331 e. The third kappa shape index (κ3) is 2.56. The van der Waals surface area contributed by atoms with E-state index in [0.717, 1.165) is 0 Å². The lowest BCUT2D eigenvalue weighted by atomic mass is 9.97. The van der Waals surface area contributed by atoms with Crippen molar-refractivity contribution < 1.29 is 24.5 Å². The van der Waals surface area contributed by atoms with E-state index in [-0.39, 0.29) is 17.8 Å². The standard InChI is InChI=1S/C10H14O5/c1-5(10(12)13)7(2-6-3-14-6)9(11)8-4-15-8/h6,8-9,11H,2-4H2,1H3,(H,12,13). The first-order valence-electron chi connectivity index (χ1n) is 4.93. The topological polar surface area (TPSA) is 82.6 Å². The first kappa shape index (κ1) is 10.6. The Labute approximate surface area is 87.3 Å². The van der Waals surface area contributed by atoms with Crippen molar-refractivity contribution in [1.82, 2.24) is 0 Å². The fourth-order valence-electron chi connectivity index (χ4n) is 1.53. The zero-order valence-corrected chi connectivity index (χ0v) is 8.47. The van der Waals surface area contributed by atoms with Gasteiger partial charge in [0.2, 0.25) is 0 Å². The van der Waals surface area contributed by atoms with Crippen LogP contribution in [0.4, 0.5) is 0 Å². The largest absolute Gasteiger partial charge is 0.478 e. The molecular formula is C10H14O5. The highest BCUT2D eigenvalue weighted by Gasteiger charge is 2.37. The van der Waals surface area contributed by atoms with Gasteiger partial charge < -0.3 is 19.7 Å². The number of aliphatic hydroxyl groups is 1. The number of epoxide rings is 2. The van der Waals surface area contributed by atoms with E-state index in [2.05, 4.69) is 0 Å². The van der Waals surface area contributed by atoms with Gasteiger partial charge in [-0.25, -0.2) is 4.79 Å². The predicted octanol–water partition coefficient (Wildman–Crippen LogP) is -0.0639. The molecule has 3 unspecified atom stereocenters. The molecule has 2 heterocycles. The van der Waals surface area contributed by atoms with E-state index < -0.39 is 12.1 Å². The molecule has 2 saturated heterocycles. The number of aliphatic carboxylic acids is 1. The summed E-state index contributed by atoms with van der Waals surface area (Å²) in [6, 6.07) is 0. The highest BCUT2D eigenvalue weighted by Crippen LogP contribution is 2.29. The molecule has 84 valence electrons. The highest BCUT2D eigenvalue weighted by molar-refractivity contribution is 5.87. The summed E-state index contributed by atoms with van der Waals surface area (Å²) in [6.07, 6.45) is -0.472. The lowest BCUT2D eigenvalue weighted by molar-refractivity contribution is -0.132. The minimum absolute atomic E-state index is 0.0719. The van der Waals surface area contributed by atoms with Gasteiger partial charge >= 0.3 is 5.97 Å². The summed E-state index contributed by atoms with van der Waals surface area (Å²) in [5.41, 5.74) is 0.737. The van der Waals surface area contributed by atoms with E-state index in [4.69, 9.17) is 14.6 Å². The Bertz CT molecular complexity index is 301. The molecule has 0 radical (unpaired) electrons. The Morgan fingerprint density at radius 3 is 2.47 bits per heavy atom. The normalized spacial score (nSPS) is 31.9. The van der Waals surface area contributed by atoms with Crippen molar-refractivity contribution in [2.24, 2.45) is 0 Å². The van der Waals surface area contributed by atoms with Crippen molar-refractivity contribution >= 4 is 5.97 Å². The van der Waals surface area contributed by atoms with Crippen LogP contribution in [0, 0.1) is 0 Å². The summed E-state index contributed by atoms with van der Waals surface area (Å²) in [5, 5.41) is 18.7. The van der Waals surface area contributed by atoms with Gasteiger partial charge in [-0.3, -0.25) is 0 Å². The smallest absolute Gasteiger partial charge is 0.331 e. The summed E-state index contributed by atoms with van der Waals surface area (Å²) < 4.78 is 10.0. The molecule has 2 aliphatic heterocycles. The number of aliphatic hydroxyl groups excluding tert-OH is 1. The van der Waals surface area contributed by atoms with E-state index in [0.29, 0.717) is 25.2 Å². The molecule has 2 rings (SSSR count). The fraction of sp³-hybridized carbons (Fsp3) is 0.700. The van der Waals surface area contributed by atoms with E-state index in [9.17, 15) is 9.90 Å². The van der Waals surface area contributed by atoms with Gasteiger partial charge in [-0.05, 0) is 12.5 Å². The van der Waals surface area contributed by atoms with Crippen molar-refractivity contribution in [2.45, 2.75) is 31.7 Å². The second-order valence-corrected chi connectivity index (χ2v) is 3.93. The third-order valence-corrected chi connectivity index (χ3v) is 2.72. The Morgan fingerprint density at radius 1 is 1.47 bits per heavy atom. The quantitative estimate of drug-likeness (QED) is 0.494. The van der Waals surface area contributed by atoms with Gasteiger partial charge in [-0.15, -0.1) is 0 Å². The van der Waals surface area contributed by atoms with Crippen LogP contribution in [-0.4, -0.2) is 47.7 Å². The Kier molecular flexibility index (Phi) is 2.77. The summed E-state index contributed by atoms with van der Waals surface area (Å²) in [6.45, 7) is 2.66. The number of carboxylic acid groups (broad SMARTS) is 1. The predicted molar refractivity (Wildman–Crippen MR) is 50.4 cm³/mol. The lowest BCUT2D eigenvalue weighted by Gasteiger charge is -2.13. The van der Waals surface area contributed by atoms with Crippen LogP contribution in [0.3, 0.4) is 0 Å². The van der Waals surface area contributed by atoms with Crippen LogP contribution < -0.4 is 0 Å². The van der Waals surface area contributed by atoms with Crippen LogP contribution in [0.15, 0.2) is 11.1 Å². The monoisotopic (exact) mass is 214 g/mol. The van der Waals surface area contributed by atoms with Crippen LogP contribution in [0.2, 0.25) is 0 Å². The summed E-state index contributed by atoms with van der Waals surface area (Å²) >= 11 is 0. The highest BCUT2D eigenvalue weighted by atomic mass is 16.6. The van der Waals surface area contributed by atoms with Crippen LogP contribution in [-0.2, 0) is 14.3 Å². The van der Waals surface area contributed by atoms with Crippen molar-refractivity contribution in [3.8, 4) is 0 Å². The number of hydrogen-bond acceptors (Lipinski definition) is 4. The van der Waals surface area contributed by atoms with Gasteiger partial charge in [0.15, 0.2) is 0 Å². The fourth-order valence-corrected chi connectivity index (χ4v) is 1.53. The number of carbonyl (C=O) groups is 1. The van der Waals surface area contributed by atoms with E-state index in [1.54, 1.807) is 0 Å². The van der Waals surface area contributed by atoms with Crippen LogP contribution in [0.25, 0.3) is 0 Å². The van der Waals surface area contributed by atoms with Crippen LogP contribution in [0.5, 0.6) is 0 Å². The molecule has 0 saturated carbocycles. The third-order valence-electron chi connectivity index (χ3n) is 2.72. The van der Waals surface area contributed by atoms with Crippen molar-refractivity contribution in [1.29, 1.82) is 0 Å². The van der Waals surface area contributed by atoms with Gasteiger partial charge in [0.1, 0.15) is 12.2 Å². The van der Waals surface area contributed by atoms with E-state index in [1.165, 1.54) is 6.92 Å². The molecule has 0 spiro atoms. The Morgan fingerprint density at radius 2 is 2.07 bits per heavy atom. The zero-order valence-electron chi connectivity index (χ0n) is 8.47. The average Bonchev–Trinajstić information content (AvgIpc) is 3.02. The number of carboxylic acids is 1. The van der Waals surface area contributed by atoms with E-state index >= 15 is 0 Å². The number of ether oxygens (including phenoxy) is 2. The summed E-state index contributed by atoms with van der Waals surface area (Å²) in [5.74, 6) is -0.995. The molecule has 2 aliphatic rings. The maximum absolute atomic E-state index is 10.8. The Hall–Kier alpha value is -0.910. The number of rotatable bonds is 5. The van der Waals surface area contributed by atoms with Crippen LogP contribution in [0.1, 0.15) is 13.3 Å². The molecule has 0 aliphatic carbocycles. The molecule has 2 fully saturated rings. The zero-order chi connectivity index (χ0) is 11.0. The van der Waals surface area contributed by atoms with Crippen molar-refractivity contribution in [2.75, 3.05) is 13.2 Å². The SMILES string of the molecule is CC(C(=O)O)=C(CC1CO1)C(O)C1CO1. The molecule has 0 aromatic heterocycles. The minimum Gasteiger partial charge on any atom is -0.478 e. The summed E-state index contributed by atoms with van der Waals surface area (Å²) in [4.78, 5) is 10.8. The van der Waals surface area contributed by atoms with Gasteiger partial charge in [0.25, 0.3) is 0 Å². The first-order chi connectivity index (χ1) is 7.09. The molecule has 0 aromatic carbocycles. The molecule has 5 nitrogen and oxygen atoms in total. The lowest BCUT2D eigenvalue weighted by Crippen LogP contribution is -2.22. The second-order valence-electron chi connectivity index (χ2n) is 3.93. The minimum atomic E-state index is -0.995. The Balaban J connectivity index is 2.12. The average molecular weight is 214 g/mol. The molecule has 2 N–H and O–H groups in total. The van der Waals surface area contributed by atoms with E-state index in [1.807, 2.05) is 0 Å². The summed E-state index contributed by atoms with van der Waals surface area (Å²) in [7, 11) is 0. The second kappa shape index (κ2) is 3.92. The molecule has 0 aromatic rings. The molecule has 5 heteroatoms. The van der Waals surface area contributed by atoms with Crippen LogP contribution >= 0.6 is 0 Å². The van der Waals surface area contributed by atoms with Gasteiger partial charge in [-0.2, -0.15) is 0 Å². The molecule has 0 amide bonds. The van der Waals surface area contributed by atoms with Crippen molar-refractivity contribution in [3.63, 3.8) is 0 Å². The van der Waals surface area contributed by atoms with Gasteiger partial charge in [0, 0.05) is 12.0 Å². The first-order valence-corrected chi connectivity index (χ1v) is 4.93. The molecule has 3 atom stereocenters. The molecular weight excluding hydrogens is 200 g/mol. The maximum atomic E-state index is 10.8. The molecule has 0 bridgehead atoms. The molecule has 15 heavy (non-hydrogen) atoms. The van der Waals surface area contributed by atoms with Gasteiger partial charge in [-0.1, -0.05) is 0 Å². The number of hydrogen-bond donors (Lipinski definition) is 2. The van der Waals surface area contributed by atoms with Gasteiger partial charge in [0.05, 0.1) is 19.3 Å².